The number of ketones is 1. The van der Waals surface area contributed by atoms with Gasteiger partial charge in [-0.2, -0.15) is 0 Å². The van der Waals surface area contributed by atoms with E-state index in [1.165, 1.54) is 42.1 Å². The maximum atomic E-state index is 12.8. The first kappa shape index (κ1) is 15.4. The molecule has 2 rings (SSSR count). The first-order valence-electron chi connectivity index (χ1n) is 6.24. The summed E-state index contributed by atoms with van der Waals surface area (Å²) in [7, 11) is 1.79. The average Bonchev–Trinajstić information content (AvgIpc) is 2.81. The Morgan fingerprint density at radius 3 is 2.76 bits per heavy atom. The number of halogens is 1. The van der Waals surface area contributed by atoms with Gasteiger partial charge in [-0.25, -0.2) is 4.39 Å². The summed E-state index contributed by atoms with van der Waals surface area (Å²) >= 11 is 1.25. The average molecular weight is 307 g/mol. The molecule has 0 bridgehead atoms. The molecule has 0 saturated heterocycles. The number of hydrogen-bond acceptors (Lipinski definition) is 5. The Kier molecular flexibility index (Phi) is 5.24. The number of aliphatic hydroxyl groups excluding tert-OH is 1. The molecule has 0 radical (unpaired) electrons. The fraction of sp³-hybridized carbons (Fsp3) is 0.214. The third-order valence-electron chi connectivity index (χ3n) is 2.78. The van der Waals surface area contributed by atoms with Crippen LogP contribution >= 0.6 is 11.8 Å². The molecule has 0 aliphatic rings. The smallest absolute Gasteiger partial charge is 0.195 e. The van der Waals surface area contributed by atoms with Crippen LogP contribution in [0.15, 0.2) is 40.9 Å². The van der Waals surface area contributed by atoms with Crippen molar-refractivity contribution in [2.45, 2.75) is 11.6 Å². The Balaban J connectivity index is 1.99. The molecule has 7 heteroatoms. The summed E-state index contributed by atoms with van der Waals surface area (Å²) in [6.07, 6.45) is 1.83. The number of nitrogens with zero attached hydrogens (tertiary/aromatic N) is 3. The van der Waals surface area contributed by atoms with Crippen LogP contribution in [0.1, 0.15) is 16.2 Å². The molecular weight excluding hydrogens is 293 g/mol. The van der Waals surface area contributed by atoms with Gasteiger partial charge in [-0.15, -0.1) is 10.2 Å². The van der Waals surface area contributed by atoms with E-state index in [1.54, 1.807) is 17.0 Å². The standard InChI is InChI=1S/C14H14FN3O2S/c1-18-13(6-8-19)16-17-14(18)21-9-7-12(20)10-2-4-11(15)5-3-10/h2-5,7,9,19H,6,8H2,1H3/b9-7+. The highest BCUT2D eigenvalue weighted by molar-refractivity contribution is 8.02. The molecule has 21 heavy (non-hydrogen) atoms. The lowest BCUT2D eigenvalue weighted by molar-refractivity contribution is 0.104. The number of allylic oxidation sites excluding steroid dienone is 1. The van der Waals surface area contributed by atoms with Crippen LogP contribution in [-0.4, -0.2) is 32.3 Å². The first-order valence-corrected chi connectivity index (χ1v) is 7.12. The second kappa shape index (κ2) is 7.14. The van der Waals surface area contributed by atoms with Gasteiger partial charge in [-0.3, -0.25) is 4.79 Å². The molecular formula is C14H14FN3O2S. The van der Waals surface area contributed by atoms with Crippen LogP contribution in [0.3, 0.4) is 0 Å². The third-order valence-corrected chi connectivity index (χ3v) is 3.62. The van der Waals surface area contributed by atoms with Gasteiger partial charge in [0.15, 0.2) is 10.9 Å². The monoisotopic (exact) mass is 307 g/mol. The van der Waals surface area contributed by atoms with Crippen LogP contribution in [-0.2, 0) is 13.5 Å². The van der Waals surface area contributed by atoms with E-state index in [1.807, 2.05) is 0 Å². The Morgan fingerprint density at radius 1 is 1.38 bits per heavy atom. The lowest BCUT2D eigenvalue weighted by Crippen LogP contribution is -2.01. The SMILES string of the molecule is Cn1c(CCO)nnc1S/C=C/C(=O)c1ccc(F)cc1. The molecule has 1 heterocycles. The second-order valence-corrected chi connectivity index (χ2v) is 5.10. The van der Waals surface area contributed by atoms with Gasteiger partial charge < -0.3 is 9.67 Å². The van der Waals surface area contributed by atoms with Gasteiger partial charge in [-0.1, -0.05) is 11.8 Å². The number of hydrogen-bond donors (Lipinski definition) is 1. The zero-order valence-corrected chi connectivity index (χ0v) is 12.2. The molecule has 2 aromatic rings. The molecule has 0 fully saturated rings. The van der Waals surface area contributed by atoms with Crippen molar-refractivity contribution in [3.63, 3.8) is 0 Å². The normalized spacial score (nSPS) is 11.2. The van der Waals surface area contributed by atoms with E-state index < -0.39 is 0 Å². The van der Waals surface area contributed by atoms with E-state index in [2.05, 4.69) is 10.2 Å². The summed E-state index contributed by atoms with van der Waals surface area (Å²) in [6.45, 7) is 0.00946. The van der Waals surface area contributed by atoms with Crippen molar-refractivity contribution >= 4 is 17.5 Å². The van der Waals surface area contributed by atoms with Crippen molar-refractivity contribution in [1.82, 2.24) is 14.8 Å². The maximum Gasteiger partial charge on any atom is 0.195 e. The van der Waals surface area contributed by atoms with E-state index in [0.717, 1.165) is 0 Å². The summed E-state index contributed by atoms with van der Waals surface area (Å²) in [5.74, 6) is 0.0962. The topological polar surface area (TPSA) is 68.0 Å². The molecule has 1 N–H and O–H groups in total. The van der Waals surface area contributed by atoms with E-state index in [9.17, 15) is 9.18 Å². The largest absolute Gasteiger partial charge is 0.396 e. The number of carbonyl (C=O) groups excluding carboxylic acids is 1. The van der Waals surface area contributed by atoms with Crippen LogP contribution in [0.25, 0.3) is 0 Å². The van der Waals surface area contributed by atoms with Gasteiger partial charge in [0.25, 0.3) is 0 Å². The van der Waals surface area contributed by atoms with Gasteiger partial charge in [0.05, 0.1) is 6.61 Å². The maximum absolute atomic E-state index is 12.8. The van der Waals surface area contributed by atoms with Gasteiger partial charge in [-0.05, 0) is 35.7 Å². The highest BCUT2D eigenvalue weighted by Gasteiger charge is 2.07. The highest BCUT2D eigenvalue weighted by atomic mass is 32.2. The van der Waals surface area contributed by atoms with E-state index in [4.69, 9.17) is 5.11 Å². The van der Waals surface area contributed by atoms with Crippen molar-refractivity contribution in [3.05, 3.63) is 53.0 Å². The predicted molar refractivity (Wildman–Crippen MR) is 77.5 cm³/mol. The number of rotatable bonds is 6. The van der Waals surface area contributed by atoms with E-state index in [-0.39, 0.29) is 18.2 Å². The van der Waals surface area contributed by atoms with Crippen molar-refractivity contribution in [3.8, 4) is 0 Å². The Bertz CT molecular complexity index is 653. The second-order valence-electron chi connectivity index (χ2n) is 4.22. The summed E-state index contributed by atoms with van der Waals surface area (Å²) in [5.41, 5.74) is 0.423. The number of benzene rings is 1. The Hall–Kier alpha value is -1.99. The zero-order valence-electron chi connectivity index (χ0n) is 11.4. The van der Waals surface area contributed by atoms with E-state index in [0.29, 0.717) is 23.0 Å². The fourth-order valence-electron chi connectivity index (χ4n) is 1.63. The molecule has 0 saturated carbocycles. The molecule has 0 amide bonds. The van der Waals surface area contributed by atoms with Crippen molar-refractivity contribution < 1.29 is 14.3 Å². The van der Waals surface area contributed by atoms with Gasteiger partial charge in [0, 0.05) is 19.0 Å². The molecule has 5 nitrogen and oxygen atoms in total. The molecule has 0 spiro atoms. The predicted octanol–water partition coefficient (Wildman–Crippen LogP) is 1.98. The van der Waals surface area contributed by atoms with Crippen molar-refractivity contribution in [2.24, 2.45) is 7.05 Å². The van der Waals surface area contributed by atoms with Crippen molar-refractivity contribution in [1.29, 1.82) is 0 Å². The van der Waals surface area contributed by atoms with Crippen LogP contribution in [0.5, 0.6) is 0 Å². The zero-order chi connectivity index (χ0) is 15.2. The lowest BCUT2D eigenvalue weighted by atomic mass is 10.1. The summed E-state index contributed by atoms with van der Waals surface area (Å²) in [6, 6.07) is 5.37. The third kappa shape index (κ3) is 3.99. The van der Waals surface area contributed by atoms with Crippen LogP contribution in [0.2, 0.25) is 0 Å². The van der Waals surface area contributed by atoms with Gasteiger partial charge >= 0.3 is 0 Å². The quantitative estimate of drug-likeness (QED) is 0.502. The Morgan fingerprint density at radius 2 is 2.10 bits per heavy atom. The minimum absolute atomic E-state index is 0.00946. The van der Waals surface area contributed by atoms with Crippen LogP contribution < -0.4 is 0 Å². The van der Waals surface area contributed by atoms with E-state index >= 15 is 0 Å². The molecule has 110 valence electrons. The molecule has 1 aromatic carbocycles. The number of carbonyl (C=O) groups is 1. The molecule has 0 atom stereocenters. The van der Waals surface area contributed by atoms with Crippen LogP contribution in [0, 0.1) is 5.82 Å². The molecule has 1 aromatic heterocycles. The molecule has 0 unspecified atom stereocenters. The number of aromatic nitrogens is 3. The van der Waals surface area contributed by atoms with Gasteiger partial charge in [0.2, 0.25) is 0 Å². The number of thioether (sulfide) groups is 1. The fourth-order valence-corrected chi connectivity index (χ4v) is 2.30. The summed E-state index contributed by atoms with van der Waals surface area (Å²) in [5, 5.41) is 19.0. The van der Waals surface area contributed by atoms with Gasteiger partial charge in [0.1, 0.15) is 11.6 Å². The van der Waals surface area contributed by atoms with Crippen LogP contribution in [0.4, 0.5) is 4.39 Å². The Labute approximate surface area is 125 Å². The molecule has 0 aliphatic carbocycles. The molecule has 0 aliphatic heterocycles. The highest BCUT2D eigenvalue weighted by Crippen LogP contribution is 2.17. The minimum Gasteiger partial charge on any atom is -0.396 e. The minimum atomic E-state index is -0.375. The number of aliphatic hydroxyl groups is 1. The lowest BCUT2D eigenvalue weighted by Gasteiger charge is -1.99. The summed E-state index contributed by atoms with van der Waals surface area (Å²) < 4.78 is 14.5. The summed E-state index contributed by atoms with van der Waals surface area (Å²) in [4.78, 5) is 11.8. The van der Waals surface area contributed by atoms with Crippen molar-refractivity contribution in [2.75, 3.05) is 6.61 Å². The first-order chi connectivity index (χ1) is 10.1.